The quantitative estimate of drug-likeness (QED) is 0.391. The van der Waals surface area contributed by atoms with Gasteiger partial charge in [-0.15, -0.1) is 6.58 Å². The third-order valence-electron chi connectivity index (χ3n) is 3.59. The van der Waals surface area contributed by atoms with E-state index in [-0.39, 0.29) is 13.2 Å². The second-order valence-electron chi connectivity index (χ2n) is 5.30. The Bertz CT molecular complexity index is 259. The first-order chi connectivity index (χ1) is 9.70. The van der Waals surface area contributed by atoms with Crippen molar-refractivity contribution >= 4 is 0 Å². The molecule has 3 N–H and O–H groups in total. The Balaban J connectivity index is 2.11. The van der Waals surface area contributed by atoms with Gasteiger partial charge in [-0.25, -0.2) is 0 Å². The van der Waals surface area contributed by atoms with Gasteiger partial charge in [-0.1, -0.05) is 25.3 Å². The van der Waals surface area contributed by atoms with Crippen molar-refractivity contribution < 1.29 is 24.8 Å². The molecule has 1 heterocycles. The topological polar surface area (TPSA) is 79.2 Å². The number of hydrogen-bond donors (Lipinski definition) is 3. The van der Waals surface area contributed by atoms with E-state index in [1.54, 1.807) is 0 Å². The number of rotatable bonds is 11. The summed E-state index contributed by atoms with van der Waals surface area (Å²) in [5.41, 5.74) is 0. The number of hydrogen-bond acceptors (Lipinski definition) is 5. The van der Waals surface area contributed by atoms with Crippen molar-refractivity contribution in [2.24, 2.45) is 0 Å². The van der Waals surface area contributed by atoms with Crippen molar-refractivity contribution in [2.75, 3.05) is 19.8 Å². The number of aliphatic hydroxyl groups excluding tert-OH is 3. The molecular weight excluding hydrogens is 260 g/mol. The van der Waals surface area contributed by atoms with E-state index in [0.29, 0.717) is 6.61 Å². The van der Waals surface area contributed by atoms with Gasteiger partial charge in [0.2, 0.25) is 0 Å². The molecule has 1 aliphatic rings. The smallest absolute Gasteiger partial charge is 0.114 e. The molecule has 0 amide bonds. The minimum Gasteiger partial charge on any atom is -0.394 e. The fourth-order valence-electron chi connectivity index (χ4n) is 2.40. The largest absolute Gasteiger partial charge is 0.394 e. The molecule has 1 aliphatic heterocycles. The first-order valence-corrected chi connectivity index (χ1v) is 7.51. The third-order valence-corrected chi connectivity index (χ3v) is 3.59. The zero-order chi connectivity index (χ0) is 14.8. The van der Waals surface area contributed by atoms with Gasteiger partial charge in [0.15, 0.2) is 0 Å². The lowest BCUT2D eigenvalue weighted by molar-refractivity contribution is -0.0938. The fraction of sp³-hybridized carbons (Fsp3) is 0.867. The van der Waals surface area contributed by atoms with Gasteiger partial charge in [-0.3, -0.25) is 0 Å². The Morgan fingerprint density at radius 3 is 2.65 bits per heavy atom. The minimum absolute atomic E-state index is 0.147. The molecule has 0 radical (unpaired) electrons. The average molecular weight is 288 g/mol. The van der Waals surface area contributed by atoms with Crippen molar-refractivity contribution in [2.45, 2.75) is 62.9 Å². The Hall–Kier alpha value is -0.460. The van der Waals surface area contributed by atoms with Gasteiger partial charge < -0.3 is 24.8 Å². The lowest BCUT2D eigenvalue weighted by atomic mass is 10.1. The van der Waals surface area contributed by atoms with Crippen LogP contribution >= 0.6 is 0 Å². The molecule has 0 saturated carbocycles. The van der Waals surface area contributed by atoms with Crippen LogP contribution < -0.4 is 0 Å². The van der Waals surface area contributed by atoms with Crippen LogP contribution in [0.15, 0.2) is 12.7 Å². The van der Waals surface area contributed by atoms with Crippen LogP contribution in [0.5, 0.6) is 0 Å². The van der Waals surface area contributed by atoms with Crippen LogP contribution in [0.3, 0.4) is 0 Å². The molecule has 0 unspecified atom stereocenters. The molecule has 20 heavy (non-hydrogen) atoms. The van der Waals surface area contributed by atoms with Crippen molar-refractivity contribution in [1.29, 1.82) is 0 Å². The summed E-state index contributed by atoms with van der Waals surface area (Å²) in [5, 5.41) is 28.3. The molecule has 1 saturated heterocycles. The van der Waals surface area contributed by atoms with E-state index in [2.05, 4.69) is 6.58 Å². The molecule has 5 heteroatoms. The summed E-state index contributed by atoms with van der Waals surface area (Å²) in [6.45, 7) is 3.99. The Morgan fingerprint density at radius 1 is 1.25 bits per heavy atom. The van der Waals surface area contributed by atoms with Crippen molar-refractivity contribution in [3.63, 3.8) is 0 Å². The number of allylic oxidation sites excluding steroid dienone is 1. The van der Waals surface area contributed by atoms with Crippen LogP contribution in [0.4, 0.5) is 0 Å². The van der Waals surface area contributed by atoms with Gasteiger partial charge in [0.25, 0.3) is 0 Å². The molecule has 0 aromatic carbocycles. The summed E-state index contributed by atoms with van der Waals surface area (Å²) in [6.07, 6.45) is 5.68. The zero-order valence-electron chi connectivity index (χ0n) is 12.1. The lowest BCUT2D eigenvalue weighted by Crippen LogP contribution is -2.42. The van der Waals surface area contributed by atoms with Gasteiger partial charge in [0, 0.05) is 6.61 Å². The molecule has 1 rings (SSSR count). The Kier molecular flexibility index (Phi) is 9.05. The molecule has 0 aromatic rings. The van der Waals surface area contributed by atoms with E-state index in [1.165, 1.54) is 19.3 Å². The molecule has 5 nitrogen and oxygen atoms in total. The standard InChI is InChI=1S/C15H28O5/c1-2-3-4-5-6-7-8-9-19-15-13(18)11-20-14(15)12(17)10-16/h2,12-18H,1,3-11H2/t12-,13+,14-,15-/m1/s1. The minimum atomic E-state index is -1.00. The number of aliphatic hydroxyl groups is 3. The Labute approximate surface area is 121 Å². The first kappa shape index (κ1) is 17.6. The van der Waals surface area contributed by atoms with Crippen LogP contribution in [-0.2, 0) is 9.47 Å². The monoisotopic (exact) mass is 288 g/mol. The maximum atomic E-state index is 9.75. The first-order valence-electron chi connectivity index (χ1n) is 7.51. The molecule has 0 spiro atoms. The maximum Gasteiger partial charge on any atom is 0.114 e. The van der Waals surface area contributed by atoms with E-state index >= 15 is 0 Å². The predicted molar refractivity (Wildman–Crippen MR) is 76.5 cm³/mol. The summed E-state index contributed by atoms with van der Waals surface area (Å²) in [5.74, 6) is 0. The average Bonchev–Trinajstić information content (AvgIpc) is 2.82. The van der Waals surface area contributed by atoms with Crippen molar-refractivity contribution in [1.82, 2.24) is 0 Å². The molecule has 0 aromatic heterocycles. The van der Waals surface area contributed by atoms with E-state index in [9.17, 15) is 10.2 Å². The van der Waals surface area contributed by atoms with E-state index < -0.39 is 24.4 Å². The Morgan fingerprint density at radius 2 is 1.95 bits per heavy atom. The highest BCUT2D eigenvalue weighted by Crippen LogP contribution is 2.21. The summed E-state index contributed by atoms with van der Waals surface area (Å²) < 4.78 is 10.9. The van der Waals surface area contributed by atoms with Gasteiger partial charge in [0.1, 0.15) is 24.4 Å². The normalized spacial score (nSPS) is 27.6. The predicted octanol–water partition coefficient (Wildman–Crippen LogP) is 1.01. The molecule has 1 fully saturated rings. The summed E-state index contributed by atoms with van der Waals surface area (Å²) >= 11 is 0. The summed E-state index contributed by atoms with van der Waals surface area (Å²) in [4.78, 5) is 0. The van der Waals surface area contributed by atoms with Gasteiger partial charge >= 0.3 is 0 Å². The zero-order valence-corrected chi connectivity index (χ0v) is 12.1. The summed E-state index contributed by atoms with van der Waals surface area (Å²) in [7, 11) is 0. The van der Waals surface area contributed by atoms with Gasteiger partial charge in [0.05, 0.1) is 13.2 Å². The van der Waals surface area contributed by atoms with Crippen LogP contribution in [0, 0.1) is 0 Å². The third kappa shape index (κ3) is 5.89. The second kappa shape index (κ2) is 10.3. The van der Waals surface area contributed by atoms with Crippen LogP contribution in [0.1, 0.15) is 38.5 Å². The highest BCUT2D eigenvalue weighted by molar-refractivity contribution is 4.89. The number of unbranched alkanes of at least 4 members (excludes halogenated alkanes) is 5. The SMILES string of the molecule is C=CCCCCCCCO[C@H]1[C@@H]([C@H](O)CO)OC[C@@H]1O. The van der Waals surface area contributed by atoms with Crippen molar-refractivity contribution in [3.8, 4) is 0 Å². The van der Waals surface area contributed by atoms with Crippen LogP contribution in [-0.4, -0.2) is 59.6 Å². The highest BCUT2D eigenvalue weighted by atomic mass is 16.6. The van der Waals surface area contributed by atoms with Crippen LogP contribution in [0.2, 0.25) is 0 Å². The highest BCUT2D eigenvalue weighted by Gasteiger charge is 2.40. The summed E-state index contributed by atoms with van der Waals surface area (Å²) in [6, 6.07) is 0. The van der Waals surface area contributed by atoms with E-state index in [0.717, 1.165) is 19.3 Å². The molecular formula is C15H28O5. The number of ether oxygens (including phenoxy) is 2. The van der Waals surface area contributed by atoms with Gasteiger partial charge in [-0.2, -0.15) is 0 Å². The van der Waals surface area contributed by atoms with Crippen LogP contribution in [0.25, 0.3) is 0 Å². The molecule has 4 atom stereocenters. The maximum absolute atomic E-state index is 9.75. The lowest BCUT2D eigenvalue weighted by Gasteiger charge is -2.23. The molecule has 118 valence electrons. The fourth-order valence-corrected chi connectivity index (χ4v) is 2.40. The molecule has 0 bridgehead atoms. The molecule has 0 aliphatic carbocycles. The van der Waals surface area contributed by atoms with Gasteiger partial charge in [-0.05, 0) is 19.3 Å². The van der Waals surface area contributed by atoms with E-state index in [4.69, 9.17) is 14.6 Å². The van der Waals surface area contributed by atoms with E-state index in [1.807, 2.05) is 6.08 Å². The van der Waals surface area contributed by atoms with Crippen molar-refractivity contribution in [3.05, 3.63) is 12.7 Å². The second-order valence-corrected chi connectivity index (χ2v) is 5.30.